The summed E-state index contributed by atoms with van der Waals surface area (Å²) >= 11 is 0. The van der Waals surface area contributed by atoms with Gasteiger partial charge in [0.2, 0.25) is 5.91 Å². The van der Waals surface area contributed by atoms with E-state index in [1.165, 1.54) is 0 Å². The molecule has 0 aliphatic carbocycles. The largest absolute Gasteiger partial charge is 0.500 e. The lowest BCUT2D eigenvalue weighted by Gasteiger charge is -2.37. The molecule has 0 aliphatic heterocycles. The van der Waals surface area contributed by atoms with Gasteiger partial charge in [-0.25, -0.2) is 0 Å². The van der Waals surface area contributed by atoms with Crippen LogP contribution in [0.5, 0.6) is 0 Å². The van der Waals surface area contributed by atoms with Gasteiger partial charge in [0, 0.05) is 237 Å². The van der Waals surface area contributed by atoms with Crippen molar-refractivity contribution in [1.29, 1.82) is 0 Å². The van der Waals surface area contributed by atoms with Crippen LogP contribution in [0.3, 0.4) is 0 Å². The topological polar surface area (TPSA) is 242 Å². The Morgan fingerprint density at radius 1 is 0.215 bits per heavy atom. The number of hydrogen-bond donors (Lipinski definition) is 0. The van der Waals surface area contributed by atoms with E-state index in [1.54, 1.807) is 171 Å². The molecule has 0 heterocycles. The first-order chi connectivity index (χ1) is 50.9. The van der Waals surface area contributed by atoms with Crippen LogP contribution in [-0.2, 0) is 111 Å². The number of carbonyl (C=O) groups is 1. The van der Waals surface area contributed by atoms with Crippen LogP contribution in [0, 0.1) is 5.92 Å². The van der Waals surface area contributed by atoms with E-state index < -0.39 is 103 Å². The molecule has 0 N–H and O–H groups in total. The van der Waals surface area contributed by atoms with Crippen molar-refractivity contribution in [1.82, 2.24) is 4.90 Å². The standard InChI is InChI=1S/C69H163NO25Si12/c1-30-70(68(45-33-49-98(28,55-39-63-104(84-14,85-15)86-16)56-40-64-105(87-17,88-18)89-19)46-34-50-99(29,57-41-65-106(90-20,91-21)92-22)58-42-66-107(93-23,94-24)95-25)69(71)67(43-31-47-96(26,51-35-59-100(72-2,73-3)74-4)52-36-60-101(75-5,76-6)77-7)44-32-48-97(27,53-37-61-102(78-8,79-9)80-10)54-38-62-103(81-11,82-12)83-13/h67-68H,30-66H2,1-29H3. The van der Waals surface area contributed by atoms with Crippen molar-refractivity contribution >= 4 is 109 Å². The Morgan fingerprint density at radius 2 is 0.346 bits per heavy atom. The molecule has 0 spiro atoms. The highest BCUT2D eigenvalue weighted by Crippen LogP contribution is 2.40. The Balaban J connectivity index is 8.56. The molecule has 0 saturated carbocycles. The number of carbonyl (C=O) groups excluding carboxylic acids is 1. The van der Waals surface area contributed by atoms with Gasteiger partial charge < -0.3 is 111 Å². The summed E-state index contributed by atoms with van der Waals surface area (Å²) in [7, 11) is 10.0. The smallest absolute Gasteiger partial charge is 0.377 e. The zero-order valence-electron chi connectivity index (χ0n) is 73.5. The van der Waals surface area contributed by atoms with Crippen molar-refractivity contribution in [2.45, 2.75) is 263 Å². The van der Waals surface area contributed by atoms with E-state index in [-0.39, 0.29) is 12.0 Å². The molecule has 38 heteroatoms. The first-order valence-corrected chi connectivity index (χ1v) is 67.3. The molecule has 642 valence electrons. The molecule has 26 nitrogen and oxygen atoms in total. The second kappa shape index (κ2) is 56.5. The second-order valence-corrected chi connectivity index (χ2v) is 75.7. The third-order valence-corrected chi connectivity index (χ3v) is 65.7. The fourth-order valence-corrected chi connectivity index (χ4v) is 48.6. The van der Waals surface area contributed by atoms with E-state index in [4.69, 9.17) is 106 Å². The Morgan fingerprint density at radius 3 is 0.477 bits per heavy atom. The Bertz CT molecular complexity index is 1910. The van der Waals surface area contributed by atoms with Crippen LogP contribution in [0.25, 0.3) is 0 Å². The van der Waals surface area contributed by atoms with Crippen LogP contribution in [0.2, 0.25) is 147 Å². The molecule has 0 bridgehead atoms. The molecule has 0 rings (SSSR count). The maximum absolute atomic E-state index is 16.6. The van der Waals surface area contributed by atoms with Crippen molar-refractivity contribution in [2.75, 3.05) is 177 Å². The lowest BCUT2D eigenvalue weighted by Crippen LogP contribution is -2.45. The predicted molar refractivity (Wildman–Crippen MR) is 455 cm³/mol. The van der Waals surface area contributed by atoms with Gasteiger partial charge in [-0.3, -0.25) is 4.79 Å². The zero-order valence-corrected chi connectivity index (χ0v) is 85.5. The third kappa shape index (κ3) is 36.9. The molecular weight excluding hydrogens is 1580 g/mol. The Hall–Kier alpha value is 1.11. The molecule has 0 aromatic rings. The lowest BCUT2D eigenvalue weighted by atomic mass is 9.94. The number of nitrogens with zero attached hydrogens (tertiary/aromatic N) is 1. The summed E-state index contributed by atoms with van der Waals surface area (Å²) in [5.74, 6) is 0.117. The summed E-state index contributed by atoms with van der Waals surface area (Å²) < 4.78 is 143. The first kappa shape index (κ1) is 108. The maximum Gasteiger partial charge on any atom is 0.500 e. The minimum atomic E-state index is -2.84. The van der Waals surface area contributed by atoms with Crippen LogP contribution in [0.4, 0.5) is 0 Å². The molecule has 0 radical (unpaired) electrons. The van der Waals surface area contributed by atoms with E-state index in [9.17, 15) is 0 Å². The molecule has 0 unspecified atom stereocenters. The molecule has 0 fully saturated rings. The summed E-state index contributed by atoms with van der Waals surface area (Å²) in [6.45, 7) is 13.1. The summed E-state index contributed by atoms with van der Waals surface area (Å²) in [4.78, 5) is 19.0. The van der Waals surface area contributed by atoms with E-state index in [0.29, 0.717) is 12.5 Å². The summed E-state index contributed by atoms with van der Waals surface area (Å²) in [5.41, 5.74) is 0. The van der Waals surface area contributed by atoms with Crippen molar-refractivity contribution < 1.29 is 111 Å². The molecule has 0 atom stereocenters. The highest BCUT2D eigenvalue weighted by Gasteiger charge is 2.47. The van der Waals surface area contributed by atoms with Crippen LogP contribution >= 0.6 is 0 Å². The monoisotopic (exact) mass is 1740 g/mol. The van der Waals surface area contributed by atoms with Gasteiger partial charge in [0.15, 0.2) is 0 Å². The van der Waals surface area contributed by atoms with Crippen molar-refractivity contribution in [3.05, 3.63) is 0 Å². The zero-order chi connectivity index (χ0) is 81.4. The fourth-order valence-electron chi connectivity index (χ4n) is 16.6. The quantitative estimate of drug-likeness (QED) is 0.0514. The maximum atomic E-state index is 16.6. The van der Waals surface area contributed by atoms with Gasteiger partial charge in [-0.2, -0.15) is 0 Å². The van der Waals surface area contributed by atoms with Gasteiger partial charge in [-0.15, -0.1) is 0 Å². The molecular formula is C69H163NO25Si12. The van der Waals surface area contributed by atoms with E-state index >= 15 is 4.79 Å². The Kier molecular flexibility index (Phi) is 57.1. The van der Waals surface area contributed by atoms with E-state index in [2.05, 4.69) is 38.0 Å². The van der Waals surface area contributed by atoms with Crippen molar-refractivity contribution in [2.24, 2.45) is 5.92 Å². The summed E-state index contributed by atoms with van der Waals surface area (Å²) in [6, 6.07) is 18.8. The third-order valence-electron chi connectivity index (χ3n) is 24.3. The van der Waals surface area contributed by atoms with Crippen molar-refractivity contribution in [3.63, 3.8) is 0 Å². The first-order valence-electron chi connectivity index (χ1n) is 39.4. The average molecular weight is 1740 g/mol. The summed E-state index contributed by atoms with van der Waals surface area (Å²) in [6.07, 6.45) is 14.8. The predicted octanol–water partition coefficient (Wildman–Crippen LogP) is 15.4. The van der Waals surface area contributed by atoms with Crippen LogP contribution in [0.1, 0.15) is 110 Å². The molecule has 0 aromatic carbocycles. The molecule has 1 amide bonds. The molecule has 0 aromatic heterocycles. The highest BCUT2D eigenvalue weighted by molar-refractivity contribution is 6.80. The molecule has 0 aliphatic rings. The Labute approximate surface area is 666 Å². The second-order valence-electron chi connectivity index (χ2n) is 30.5. The van der Waals surface area contributed by atoms with Crippen molar-refractivity contribution in [3.8, 4) is 0 Å². The normalized spacial score (nSPS) is 13.9. The fraction of sp³-hybridized carbons (Fsp3) is 0.986. The highest BCUT2D eigenvalue weighted by atomic mass is 28.4. The van der Waals surface area contributed by atoms with Crippen LogP contribution in [0.15, 0.2) is 0 Å². The van der Waals surface area contributed by atoms with Gasteiger partial charge >= 0.3 is 70.4 Å². The number of amides is 1. The van der Waals surface area contributed by atoms with E-state index in [1.807, 2.05) is 0 Å². The van der Waals surface area contributed by atoms with E-state index in [0.717, 1.165) is 224 Å². The average Bonchev–Trinajstić information content (AvgIpc) is 0.842. The van der Waals surface area contributed by atoms with Gasteiger partial charge in [0.25, 0.3) is 0 Å². The van der Waals surface area contributed by atoms with Crippen LogP contribution in [-0.4, -0.2) is 297 Å². The number of hydrogen-bond acceptors (Lipinski definition) is 25. The minimum Gasteiger partial charge on any atom is -0.377 e. The van der Waals surface area contributed by atoms with Gasteiger partial charge in [0.05, 0.1) is 32.3 Å². The molecule has 0 saturated heterocycles. The summed E-state index contributed by atoms with van der Waals surface area (Å²) in [5, 5.41) is 0. The SMILES string of the molecule is CCN(C(=O)C(CCC[Si](C)(CCC[Si](OC)(OC)OC)CCC[Si](OC)(OC)OC)CCC[Si](C)(CCC[Si](OC)(OC)OC)CCC[Si](OC)(OC)OC)C(CCC[Si](C)(CCC[Si](OC)(OC)OC)CCC[Si](OC)(OC)OC)CCC[Si](C)(CCC[Si](OC)(OC)OC)CCC[Si](OC)(OC)OC. The number of rotatable bonds is 75. The molecule has 107 heavy (non-hydrogen) atoms. The van der Waals surface area contributed by atoms with Crippen LogP contribution < -0.4 is 0 Å². The minimum absolute atomic E-state index is 0.0278. The van der Waals surface area contributed by atoms with Gasteiger partial charge in [-0.05, 0) is 32.6 Å². The van der Waals surface area contributed by atoms with Gasteiger partial charge in [0.1, 0.15) is 0 Å². The van der Waals surface area contributed by atoms with Gasteiger partial charge in [-0.1, -0.05) is 176 Å². The lowest BCUT2D eigenvalue weighted by molar-refractivity contribution is -0.138.